The molecule has 0 saturated carbocycles. The van der Waals surface area contributed by atoms with Crippen LogP contribution in [0.5, 0.6) is 11.5 Å². The van der Waals surface area contributed by atoms with Crippen LogP contribution in [0, 0.1) is 11.8 Å². The molecule has 0 radical (unpaired) electrons. The molecule has 0 unspecified atom stereocenters. The van der Waals surface area contributed by atoms with Crippen LogP contribution >= 0.6 is 0 Å². The van der Waals surface area contributed by atoms with Crippen LogP contribution in [0.1, 0.15) is 60.4 Å². The Hall–Kier alpha value is -6.46. The summed E-state index contributed by atoms with van der Waals surface area (Å²) >= 11 is 0. The number of methoxy groups -OCH3 is 2. The van der Waals surface area contributed by atoms with Gasteiger partial charge in [0.1, 0.15) is 24.6 Å². The third-order valence-electron chi connectivity index (χ3n) is 10.3. The average Bonchev–Trinajstić information content (AvgIpc) is 3.53. The average molecular weight is 914 g/mol. The van der Waals surface area contributed by atoms with Gasteiger partial charge in [-0.1, -0.05) is 64.1 Å². The molecule has 1 aliphatic rings. The molecule has 1 heterocycles. The fourth-order valence-electron chi connectivity index (χ4n) is 7.14. The van der Waals surface area contributed by atoms with Crippen LogP contribution in [0.25, 0.3) is 10.8 Å². The number of anilines is 2. The highest BCUT2D eigenvalue weighted by atomic mass is 32.2. The molecule has 0 saturated heterocycles. The fraction of sp³-hybridized carbons (Fsp3) is 0.319. The lowest BCUT2D eigenvalue weighted by Gasteiger charge is -2.31. The molecule has 1 aliphatic heterocycles. The summed E-state index contributed by atoms with van der Waals surface area (Å²) in [5, 5.41) is 0.413. The van der Waals surface area contributed by atoms with Crippen LogP contribution in [0.2, 0.25) is 0 Å². The highest BCUT2D eigenvalue weighted by molar-refractivity contribution is 7.93. The van der Waals surface area contributed by atoms with Crippen molar-refractivity contribution in [3.05, 3.63) is 120 Å². The number of fused-ring (bicyclic) bond motifs is 2. The number of rotatable bonds is 20. The molecule has 0 N–H and O–H groups in total. The molecule has 2 amide bonds. The fourth-order valence-corrected chi connectivity index (χ4v) is 10.0. The number of benzene rings is 5. The lowest BCUT2D eigenvalue weighted by molar-refractivity contribution is -0.143. The zero-order valence-electron chi connectivity index (χ0n) is 36.5. The number of nitrogens with zero attached hydrogens (tertiary/aromatic N) is 3. The van der Waals surface area contributed by atoms with Crippen molar-refractivity contribution in [3.63, 3.8) is 0 Å². The van der Waals surface area contributed by atoms with Crippen LogP contribution in [0.4, 0.5) is 11.4 Å². The second-order valence-corrected chi connectivity index (χ2v) is 19.6. The van der Waals surface area contributed by atoms with Crippen molar-refractivity contribution in [1.29, 1.82) is 0 Å². The van der Waals surface area contributed by atoms with E-state index in [0.29, 0.717) is 11.5 Å². The van der Waals surface area contributed by atoms with Gasteiger partial charge in [0.15, 0.2) is 0 Å². The van der Waals surface area contributed by atoms with Crippen molar-refractivity contribution in [2.75, 3.05) is 55.7 Å². The minimum absolute atomic E-state index is 0.00317. The Morgan fingerprint density at radius 1 is 0.609 bits per heavy atom. The summed E-state index contributed by atoms with van der Waals surface area (Å²) in [6, 6.07) is 25.6. The van der Waals surface area contributed by atoms with Crippen molar-refractivity contribution >= 4 is 65.9 Å². The van der Waals surface area contributed by atoms with Gasteiger partial charge in [-0.15, -0.1) is 0 Å². The van der Waals surface area contributed by atoms with E-state index in [1.54, 1.807) is 48.5 Å². The van der Waals surface area contributed by atoms with E-state index in [2.05, 4.69) is 0 Å². The standard InChI is InChI=1S/C47H51N3O12S2/c1-31(2)29-61-43(51)27-49(63(55,56)36-21-17-34(59-5)18-22-36)42-26-33(12-11-25-48-46(53)40-15-9-10-16-41(40)47(48)54)45(39-14-8-7-13-38(39)42)50(28-44(52)62-30-32(3)4)64(57,58)37-23-19-35(60-6)20-24-37/h7-10,13-24,26,31-32H,11-12,25,27-30H2,1-6H3. The Balaban J connectivity index is 1.58. The van der Waals surface area contributed by atoms with Gasteiger partial charge in [-0.3, -0.25) is 32.7 Å². The quantitative estimate of drug-likeness (QED) is 0.0584. The van der Waals surface area contributed by atoms with Gasteiger partial charge >= 0.3 is 11.9 Å². The summed E-state index contributed by atoms with van der Waals surface area (Å²) < 4.78 is 83.1. The molecule has 0 aliphatic carbocycles. The molecule has 15 nitrogen and oxygen atoms in total. The Morgan fingerprint density at radius 2 is 1.05 bits per heavy atom. The largest absolute Gasteiger partial charge is 0.497 e. The van der Waals surface area contributed by atoms with Gasteiger partial charge in [-0.05, 0) is 97.0 Å². The Morgan fingerprint density at radius 3 is 1.52 bits per heavy atom. The molecule has 0 fully saturated rings. The first-order valence-corrected chi connectivity index (χ1v) is 23.5. The molecule has 0 atom stereocenters. The van der Waals surface area contributed by atoms with E-state index in [-0.39, 0.29) is 93.1 Å². The van der Waals surface area contributed by atoms with Gasteiger partial charge < -0.3 is 18.9 Å². The molecule has 5 aromatic carbocycles. The SMILES string of the molecule is COc1ccc(S(=O)(=O)N(CC(=O)OCC(C)C)c2cc(CCCN3C(=O)c4ccccc4C3=O)c(N(CC(=O)OCC(C)C)S(=O)(=O)c3ccc(OC)cc3)c3ccccc23)cc1. The highest BCUT2D eigenvalue weighted by Gasteiger charge is 2.37. The van der Waals surface area contributed by atoms with Crippen molar-refractivity contribution in [3.8, 4) is 11.5 Å². The summed E-state index contributed by atoms with van der Waals surface area (Å²) in [6.07, 6.45) is 0.0244. The van der Waals surface area contributed by atoms with Crippen LogP contribution in [0.15, 0.2) is 113 Å². The van der Waals surface area contributed by atoms with Crippen molar-refractivity contribution in [2.24, 2.45) is 11.8 Å². The number of imide groups is 1. The van der Waals surface area contributed by atoms with Gasteiger partial charge in [0.25, 0.3) is 31.9 Å². The number of sulfonamides is 2. The van der Waals surface area contributed by atoms with Crippen molar-refractivity contribution < 1.29 is 55.0 Å². The molecular formula is C47H51N3O12S2. The normalized spacial score (nSPS) is 12.7. The lowest BCUT2D eigenvalue weighted by Crippen LogP contribution is -2.39. The number of esters is 2. The van der Waals surface area contributed by atoms with E-state index in [0.717, 1.165) is 13.5 Å². The number of aryl methyl sites for hydroxylation is 1. The van der Waals surface area contributed by atoms with Crippen LogP contribution in [-0.2, 0) is 45.5 Å². The number of hydrogen-bond acceptors (Lipinski definition) is 12. The van der Waals surface area contributed by atoms with Crippen LogP contribution < -0.4 is 18.1 Å². The van der Waals surface area contributed by atoms with E-state index in [9.17, 15) is 36.0 Å². The first-order valence-electron chi connectivity index (χ1n) is 20.6. The third-order valence-corrected chi connectivity index (χ3v) is 13.8. The Kier molecular flexibility index (Phi) is 14.6. The number of ether oxygens (including phenoxy) is 4. The monoisotopic (exact) mass is 913 g/mol. The molecule has 64 heavy (non-hydrogen) atoms. The smallest absolute Gasteiger partial charge is 0.326 e. The van der Waals surface area contributed by atoms with Gasteiger partial charge in [-0.25, -0.2) is 16.8 Å². The zero-order valence-corrected chi connectivity index (χ0v) is 38.1. The van der Waals surface area contributed by atoms with Crippen molar-refractivity contribution in [2.45, 2.75) is 50.3 Å². The van der Waals surface area contributed by atoms with Gasteiger partial charge in [0.05, 0.1) is 59.7 Å². The second-order valence-electron chi connectivity index (χ2n) is 15.9. The molecular weight excluding hydrogens is 863 g/mol. The van der Waals surface area contributed by atoms with Crippen LogP contribution in [0.3, 0.4) is 0 Å². The first-order chi connectivity index (χ1) is 30.5. The summed E-state index contributed by atoms with van der Waals surface area (Å²) in [7, 11) is -6.34. The van der Waals surface area contributed by atoms with Gasteiger partial charge in [-0.2, -0.15) is 0 Å². The summed E-state index contributed by atoms with van der Waals surface area (Å²) in [5.41, 5.74) is 0.729. The van der Waals surface area contributed by atoms with E-state index in [1.165, 1.54) is 68.8 Å². The maximum absolute atomic E-state index is 15.0. The Labute approximate surface area is 373 Å². The Bertz CT molecular complexity index is 2720. The lowest BCUT2D eigenvalue weighted by atomic mass is 9.98. The van der Waals surface area contributed by atoms with Gasteiger partial charge in [0, 0.05) is 17.3 Å². The zero-order chi connectivity index (χ0) is 46.3. The molecule has 338 valence electrons. The minimum atomic E-state index is -4.63. The molecule has 5 aromatic rings. The van der Waals surface area contributed by atoms with E-state index >= 15 is 0 Å². The molecule has 0 aromatic heterocycles. The first kappa shape index (κ1) is 47.0. The van der Waals surface area contributed by atoms with E-state index in [1.807, 2.05) is 27.7 Å². The highest BCUT2D eigenvalue weighted by Crippen LogP contribution is 2.42. The second kappa shape index (κ2) is 19.9. The van der Waals surface area contributed by atoms with Crippen LogP contribution in [-0.4, -0.2) is 92.6 Å². The molecule has 0 bridgehead atoms. The minimum Gasteiger partial charge on any atom is -0.497 e. The maximum Gasteiger partial charge on any atom is 0.326 e. The predicted molar refractivity (Wildman–Crippen MR) is 241 cm³/mol. The third kappa shape index (κ3) is 10.2. The predicted octanol–water partition coefficient (Wildman–Crippen LogP) is 6.87. The number of hydrogen-bond donors (Lipinski definition) is 0. The maximum atomic E-state index is 15.0. The number of carbonyl (C=O) groups excluding carboxylic acids is 4. The number of amides is 2. The molecule has 0 spiro atoms. The topological polar surface area (TPSA) is 183 Å². The van der Waals surface area contributed by atoms with E-state index in [4.69, 9.17) is 18.9 Å². The number of carbonyl (C=O) groups is 4. The molecule has 17 heteroatoms. The molecule has 6 rings (SSSR count). The summed E-state index contributed by atoms with van der Waals surface area (Å²) in [4.78, 5) is 54.8. The summed E-state index contributed by atoms with van der Waals surface area (Å²) in [5.74, 6) is -2.04. The summed E-state index contributed by atoms with van der Waals surface area (Å²) in [6.45, 7) is 5.72. The van der Waals surface area contributed by atoms with E-state index < -0.39 is 56.9 Å². The van der Waals surface area contributed by atoms with Crippen molar-refractivity contribution in [1.82, 2.24) is 4.90 Å². The van der Waals surface area contributed by atoms with Gasteiger partial charge in [0.2, 0.25) is 0 Å².